The lowest BCUT2D eigenvalue weighted by molar-refractivity contribution is 0.285. The summed E-state index contributed by atoms with van der Waals surface area (Å²) in [6, 6.07) is 0. The van der Waals surface area contributed by atoms with Gasteiger partial charge in [0, 0.05) is 18.0 Å². The number of rotatable bonds is 7. The summed E-state index contributed by atoms with van der Waals surface area (Å²) in [5.41, 5.74) is 1.01. The molecule has 21 heavy (non-hydrogen) atoms. The Balaban J connectivity index is 2.17. The van der Waals surface area contributed by atoms with Crippen LogP contribution in [0.2, 0.25) is 0 Å². The standard InChI is InChI=1S/C15H26N2O2S2/c1-4-15(7-5-6-8-15)11-17-21(18,19)14-12(2)10-20-13(14)9-16-3/h10,16-17H,4-9,11H2,1-3H3. The zero-order valence-electron chi connectivity index (χ0n) is 13.2. The molecule has 2 N–H and O–H groups in total. The normalized spacial score (nSPS) is 18.2. The van der Waals surface area contributed by atoms with E-state index in [0.717, 1.165) is 29.7 Å². The van der Waals surface area contributed by atoms with Crippen molar-refractivity contribution in [3.8, 4) is 0 Å². The third kappa shape index (κ3) is 3.67. The van der Waals surface area contributed by atoms with E-state index < -0.39 is 10.0 Å². The monoisotopic (exact) mass is 330 g/mol. The summed E-state index contributed by atoms with van der Waals surface area (Å²) in [4.78, 5) is 1.37. The first-order chi connectivity index (χ1) is 9.94. The van der Waals surface area contributed by atoms with E-state index in [0.29, 0.717) is 18.0 Å². The van der Waals surface area contributed by atoms with Crippen molar-refractivity contribution in [3.05, 3.63) is 15.8 Å². The van der Waals surface area contributed by atoms with Crippen molar-refractivity contribution in [2.45, 2.75) is 57.4 Å². The van der Waals surface area contributed by atoms with Crippen molar-refractivity contribution < 1.29 is 8.42 Å². The molecule has 1 aliphatic carbocycles. The molecule has 2 rings (SSSR count). The smallest absolute Gasteiger partial charge is 0.242 e. The van der Waals surface area contributed by atoms with Gasteiger partial charge in [-0.05, 0) is 49.6 Å². The van der Waals surface area contributed by atoms with E-state index in [9.17, 15) is 8.42 Å². The Kier molecular flexibility index (Phi) is 5.46. The molecule has 120 valence electrons. The average molecular weight is 331 g/mol. The molecule has 0 aromatic carbocycles. The summed E-state index contributed by atoms with van der Waals surface area (Å²) in [5.74, 6) is 0. The van der Waals surface area contributed by atoms with Crippen LogP contribution in [0.4, 0.5) is 0 Å². The minimum Gasteiger partial charge on any atom is -0.315 e. The van der Waals surface area contributed by atoms with E-state index >= 15 is 0 Å². The highest BCUT2D eigenvalue weighted by atomic mass is 32.2. The zero-order valence-corrected chi connectivity index (χ0v) is 14.8. The third-order valence-corrected chi connectivity index (χ3v) is 7.51. The predicted molar refractivity (Wildman–Crippen MR) is 88.2 cm³/mol. The number of hydrogen-bond acceptors (Lipinski definition) is 4. The highest BCUT2D eigenvalue weighted by Crippen LogP contribution is 2.40. The van der Waals surface area contributed by atoms with Crippen LogP contribution in [0, 0.1) is 12.3 Å². The van der Waals surface area contributed by atoms with Crippen LogP contribution < -0.4 is 10.0 Å². The molecular formula is C15H26N2O2S2. The van der Waals surface area contributed by atoms with E-state index in [4.69, 9.17) is 0 Å². The summed E-state index contributed by atoms with van der Waals surface area (Å²) in [6.45, 7) is 5.20. The molecule has 6 heteroatoms. The predicted octanol–water partition coefficient (Wildman–Crippen LogP) is 3.02. The van der Waals surface area contributed by atoms with Crippen LogP contribution in [0.25, 0.3) is 0 Å². The Labute approximate surface area is 132 Å². The number of nitrogens with one attached hydrogen (secondary N) is 2. The lowest BCUT2D eigenvalue weighted by Gasteiger charge is -2.27. The average Bonchev–Trinajstić information content (AvgIpc) is 3.05. The molecule has 1 aromatic rings. The first-order valence-corrected chi connectivity index (χ1v) is 10.0. The van der Waals surface area contributed by atoms with Gasteiger partial charge in [-0.1, -0.05) is 19.8 Å². The Hall–Kier alpha value is -0.430. The molecule has 0 radical (unpaired) electrons. The van der Waals surface area contributed by atoms with Crippen molar-refractivity contribution in [1.29, 1.82) is 0 Å². The summed E-state index contributed by atoms with van der Waals surface area (Å²) in [5, 5.41) is 4.97. The summed E-state index contributed by atoms with van der Waals surface area (Å²) in [7, 11) is -1.58. The maximum Gasteiger partial charge on any atom is 0.242 e. The van der Waals surface area contributed by atoms with Crippen LogP contribution >= 0.6 is 11.3 Å². The Bertz CT molecular complexity index is 572. The second-order valence-corrected chi connectivity index (χ2v) is 8.75. The molecule has 0 bridgehead atoms. The molecule has 1 aliphatic rings. The SMILES string of the molecule is CCC1(CNS(=O)(=O)c2c(C)csc2CNC)CCCC1. The minimum absolute atomic E-state index is 0.167. The molecule has 0 amide bonds. The molecular weight excluding hydrogens is 304 g/mol. The lowest BCUT2D eigenvalue weighted by atomic mass is 9.84. The number of sulfonamides is 1. The van der Waals surface area contributed by atoms with Crippen LogP contribution in [0.3, 0.4) is 0 Å². The van der Waals surface area contributed by atoms with Crippen molar-refractivity contribution in [2.75, 3.05) is 13.6 Å². The molecule has 0 spiro atoms. The fraction of sp³-hybridized carbons (Fsp3) is 0.733. The molecule has 0 atom stereocenters. The van der Waals surface area contributed by atoms with Gasteiger partial charge >= 0.3 is 0 Å². The topological polar surface area (TPSA) is 58.2 Å². The van der Waals surface area contributed by atoms with Crippen molar-refractivity contribution in [1.82, 2.24) is 10.0 Å². The summed E-state index contributed by atoms with van der Waals surface area (Å²) < 4.78 is 28.3. The lowest BCUT2D eigenvalue weighted by Crippen LogP contribution is -2.36. The van der Waals surface area contributed by atoms with Gasteiger partial charge in [-0.3, -0.25) is 0 Å². The Morgan fingerprint density at radius 1 is 1.33 bits per heavy atom. The van der Waals surface area contributed by atoms with Gasteiger partial charge in [0.1, 0.15) is 4.90 Å². The minimum atomic E-state index is -3.42. The number of thiophene rings is 1. The molecule has 0 aliphatic heterocycles. The van der Waals surface area contributed by atoms with Gasteiger partial charge in [0.25, 0.3) is 0 Å². The second-order valence-electron chi connectivity index (χ2n) is 6.09. The second kappa shape index (κ2) is 6.77. The molecule has 1 heterocycles. The highest BCUT2D eigenvalue weighted by Gasteiger charge is 2.34. The van der Waals surface area contributed by atoms with E-state index in [2.05, 4.69) is 17.0 Å². The summed E-state index contributed by atoms with van der Waals surface area (Å²) in [6.07, 6.45) is 5.76. The van der Waals surface area contributed by atoms with Gasteiger partial charge in [0.2, 0.25) is 10.0 Å². The number of hydrogen-bond donors (Lipinski definition) is 2. The Morgan fingerprint density at radius 3 is 2.57 bits per heavy atom. The maximum atomic E-state index is 12.7. The largest absolute Gasteiger partial charge is 0.315 e. The van der Waals surface area contributed by atoms with Gasteiger partial charge in [-0.25, -0.2) is 13.1 Å². The van der Waals surface area contributed by atoms with Crippen LogP contribution in [-0.4, -0.2) is 22.0 Å². The van der Waals surface area contributed by atoms with E-state index in [1.807, 2.05) is 19.4 Å². The van der Waals surface area contributed by atoms with Gasteiger partial charge < -0.3 is 5.32 Å². The van der Waals surface area contributed by atoms with Crippen LogP contribution in [0.1, 0.15) is 49.5 Å². The molecule has 0 saturated heterocycles. The van der Waals surface area contributed by atoms with Gasteiger partial charge in [0.15, 0.2) is 0 Å². The van der Waals surface area contributed by atoms with Crippen LogP contribution in [-0.2, 0) is 16.6 Å². The van der Waals surface area contributed by atoms with Gasteiger partial charge in [0.05, 0.1) is 0 Å². The van der Waals surface area contributed by atoms with E-state index in [1.54, 1.807) is 0 Å². The van der Waals surface area contributed by atoms with E-state index in [-0.39, 0.29) is 5.41 Å². The van der Waals surface area contributed by atoms with Crippen molar-refractivity contribution in [3.63, 3.8) is 0 Å². The maximum absolute atomic E-state index is 12.7. The third-order valence-electron chi connectivity index (χ3n) is 4.65. The fourth-order valence-electron chi connectivity index (χ4n) is 3.23. The van der Waals surface area contributed by atoms with Crippen molar-refractivity contribution in [2.24, 2.45) is 5.41 Å². The molecule has 1 aromatic heterocycles. The first-order valence-electron chi connectivity index (χ1n) is 7.65. The van der Waals surface area contributed by atoms with Crippen LogP contribution in [0.5, 0.6) is 0 Å². The number of aryl methyl sites for hydroxylation is 1. The van der Waals surface area contributed by atoms with Crippen molar-refractivity contribution >= 4 is 21.4 Å². The molecule has 1 fully saturated rings. The Morgan fingerprint density at radius 2 is 2.00 bits per heavy atom. The molecule has 0 unspecified atom stereocenters. The molecule has 1 saturated carbocycles. The first kappa shape index (κ1) is 16.9. The summed E-state index contributed by atoms with van der Waals surface area (Å²) >= 11 is 1.51. The van der Waals surface area contributed by atoms with Gasteiger partial charge in [-0.2, -0.15) is 0 Å². The fourth-order valence-corrected chi connectivity index (χ4v) is 6.21. The molecule has 4 nitrogen and oxygen atoms in total. The zero-order chi connectivity index (χ0) is 15.5. The van der Waals surface area contributed by atoms with Crippen LogP contribution in [0.15, 0.2) is 10.3 Å². The quantitative estimate of drug-likeness (QED) is 0.808. The van der Waals surface area contributed by atoms with Gasteiger partial charge in [-0.15, -0.1) is 11.3 Å². The van der Waals surface area contributed by atoms with E-state index in [1.165, 1.54) is 24.2 Å². The highest BCUT2D eigenvalue weighted by molar-refractivity contribution is 7.89.